The Morgan fingerprint density at radius 2 is 1.72 bits per heavy atom. The molecule has 32 heavy (non-hydrogen) atoms. The number of ether oxygens (including phenoxy) is 1. The number of benzene rings is 2. The van der Waals surface area contributed by atoms with E-state index < -0.39 is 9.84 Å². The Morgan fingerprint density at radius 1 is 0.969 bits per heavy atom. The zero-order chi connectivity index (χ0) is 23.1. The Bertz CT molecular complexity index is 1220. The predicted octanol–water partition coefficient (Wildman–Crippen LogP) is 2.50. The third-order valence-corrected chi connectivity index (χ3v) is 5.64. The SMILES string of the molecule is CNC(=O)c1cc(Oc2ccc(CNC(=O)Cc3cccc(S(C)(=O)=O)c3)cc2)ccn1. The molecule has 3 rings (SSSR count). The number of nitrogens with one attached hydrogen (secondary N) is 2. The monoisotopic (exact) mass is 453 g/mol. The molecule has 0 bridgehead atoms. The molecule has 0 unspecified atom stereocenters. The fraction of sp³-hybridized carbons (Fsp3) is 0.174. The van der Waals surface area contributed by atoms with Crippen molar-refractivity contribution in [3.63, 3.8) is 0 Å². The Balaban J connectivity index is 1.55. The highest BCUT2D eigenvalue weighted by Crippen LogP contribution is 2.22. The maximum Gasteiger partial charge on any atom is 0.269 e. The number of carbonyl (C=O) groups is 2. The van der Waals surface area contributed by atoms with Gasteiger partial charge in [-0.1, -0.05) is 24.3 Å². The number of hydrogen-bond acceptors (Lipinski definition) is 6. The largest absolute Gasteiger partial charge is 0.457 e. The van der Waals surface area contributed by atoms with Crippen LogP contribution in [0, 0.1) is 0 Å². The average molecular weight is 454 g/mol. The molecule has 1 aromatic heterocycles. The molecule has 0 radical (unpaired) electrons. The topological polar surface area (TPSA) is 114 Å². The van der Waals surface area contributed by atoms with Gasteiger partial charge in [0, 0.05) is 32.1 Å². The molecule has 1 heterocycles. The van der Waals surface area contributed by atoms with Crippen LogP contribution in [0.5, 0.6) is 11.5 Å². The highest BCUT2D eigenvalue weighted by Gasteiger charge is 2.10. The van der Waals surface area contributed by atoms with Crippen LogP contribution in [0.25, 0.3) is 0 Å². The molecule has 0 spiro atoms. The van der Waals surface area contributed by atoms with Gasteiger partial charge < -0.3 is 15.4 Å². The van der Waals surface area contributed by atoms with Crippen LogP contribution in [0.1, 0.15) is 21.6 Å². The molecule has 2 N–H and O–H groups in total. The molecule has 2 amide bonds. The molecule has 0 aliphatic heterocycles. The number of amides is 2. The van der Waals surface area contributed by atoms with Crippen molar-refractivity contribution in [3.8, 4) is 11.5 Å². The van der Waals surface area contributed by atoms with Crippen LogP contribution in [0.3, 0.4) is 0 Å². The first kappa shape index (κ1) is 23.0. The summed E-state index contributed by atoms with van der Waals surface area (Å²) in [5.74, 6) is 0.543. The molecule has 8 nitrogen and oxygen atoms in total. The van der Waals surface area contributed by atoms with E-state index in [1.54, 1.807) is 36.4 Å². The Hall–Kier alpha value is -3.72. The maximum atomic E-state index is 12.2. The van der Waals surface area contributed by atoms with E-state index >= 15 is 0 Å². The molecular weight excluding hydrogens is 430 g/mol. The smallest absolute Gasteiger partial charge is 0.269 e. The van der Waals surface area contributed by atoms with Crippen molar-refractivity contribution in [2.45, 2.75) is 17.9 Å². The number of sulfone groups is 1. The molecule has 2 aromatic carbocycles. The van der Waals surface area contributed by atoms with Gasteiger partial charge in [-0.2, -0.15) is 0 Å². The number of nitrogens with zero attached hydrogens (tertiary/aromatic N) is 1. The van der Waals surface area contributed by atoms with Crippen molar-refractivity contribution >= 4 is 21.7 Å². The lowest BCUT2D eigenvalue weighted by Crippen LogP contribution is -2.24. The lowest BCUT2D eigenvalue weighted by Gasteiger charge is -2.09. The van der Waals surface area contributed by atoms with E-state index in [0.717, 1.165) is 11.8 Å². The van der Waals surface area contributed by atoms with Gasteiger partial charge in [-0.15, -0.1) is 0 Å². The van der Waals surface area contributed by atoms with Gasteiger partial charge in [-0.25, -0.2) is 8.42 Å². The minimum Gasteiger partial charge on any atom is -0.457 e. The first-order valence-corrected chi connectivity index (χ1v) is 11.6. The van der Waals surface area contributed by atoms with Crippen LogP contribution < -0.4 is 15.4 Å². The van der Waals surface area contributed by atoms with Crippen LogP contribution in [0.2, 0.25) is 0 Å². The van der Waals surface area contributed by atoms with E-state index in [4.69, 9.17) is 4.74 Å². The van der Waals surface area contributed by atoms with Gasteiger partial charge in [0.25, 0.3) is 5.91 Å². The first-order valence-electron chi connectivity index (χ1n) is 9.75. The summed E-state index contributed by atoms with van der Waals surface area (Å²) in [7, 11) is -1.79. The van der Waals surface area contributed by atoms with Crippen molar-refractivity contribution < 1.29 is 22.7 Å². The van der Waals surface area contributed by atoms with Crippen molar-refractivity contribution in [3.05, 3.63) is 83.7 Å². The van der Waals surface area contributed by atoms with E-state index in [2.05, 4.69) is 15.6 Å². The number of rotatable bonds is 8. The lowest BCUT2D eigenvalue weighted by atomic mass is 10.1. The summed E-state index contributed by atoms with van der Waals surface area (Å²) in [4.78, 5) is 28.1. The summed E-state index contributed by atoms with van der Waals surface area (Å²) in [5, 5.41) is 5.33. The maximum absolute atomic E-state index is 12.2. The van der Waals surface area contributed by atoms with Gasteiger partial charge in [-0.3, -0.25) is 14.6 Å². The third kappa shape index (κ3) is 6.39. The van der Waals surface area contributed by atoms with Gasteiger partial charge in [0.1, 0.15) is 17.2 Å². The summed E-state index contributed by atoms with van der Waals surface area (Å²) in [6, 6.07) is 16.7. The molecule has 0 saturated heterocycles. The zero-order valence-electron chi connectivity index (χ0n) is 17.7. The quantitative estimate of drug-likeness (QED) is 0.542. The minimum atomic E-state index is -3.32. The molecule has 0 aliphatic carbocycles. The molecule has 0 atom stereocenters. The predicted molar refractivity (Wildman–Crippen MR) is 119 cm³/mol. The highest BCUT2D eigenvalue weighted by molar-refractivity contribution is 7.90. The van der Waals surface area contributed by atoms with E-state index in [-0.39, 0.29) is 28.8 Å². The van der Waals surface area contributed by atoms with Crippen LogP contribution in [0.4, 0.5) is 0 Å². The number of pyridine rings is 1. The second-order valence-corrected chi connectivity index (χ2v) is 9.09. The fourth-order valence-electron chi connectivity index (χ4n) is 2.87. The number of hydrogen-bond donors (Lipinski definition) is 2. The molecule has 0 aliphatic rings. The summed E-state index contributed by atoms with van der Waals surface area (Å²) < 4.78 is 29.1. The normalized spacial score (nSPS) is 10.9. The van der Waals surface area contributed by atoms with Crippen LogP contribution >= 0.6 is 0 Å². The number of aromatic nitrogens is 1. The molecule has 9 heteroatoms. The van der Waals surface area contributed by atoms with Gasteiger partial charge in [0.2, 0.25) is 5.91 Å². The van der Waals surface area contributed by atoms with Gasteiger partial charge in [-0.05, 0) is 41.5 Å². The van der Waals surface area contributed by atoms with E-state index in [9.17, 15) is 18.0 Å². The van der Waals surface area contributed by atoms with Crippen molar-refractivity contribution in [2.24, 2.45) is 0 Å². The van der Waals surface area contributed by atoms with Gasteiger partial charge in [0.05, 0.1) is 11.3 Å². The minimum absolute atomic E-state index is 0.0836. The number of carbonyl (C=O) groups excluding carboxylic acids is 2. The Morgan fingerprint density at radius 3 is 2.41 bits per heavy atom. The molecule has 0 saturated carbocycles. The molecule has 166 valence electrons. The summed E-state index contributed by atoms with van der Waals surface area (Å²) in [6.45, 7) is 0.320. The Labute approximate surface area is 186 Å². The van der Waals surface area contributed by atoms with E-state index in [0.29, 0.717) is 23.6 Å². The van der Waals surface area contributed by atoms with Crippen molar-refractivity contribution in [1.29, 1.82) is 0 Å². The lowest BCUT2D eigenvalue weighted by molar-refractivity contribution is -0.120. The molecule has 3 aromatic rings. The van der Waals surface area contributed by atoms with Crippen LogP contribution in [0.15, 0.2) is 71.8 Å². The standard InChI is InChI=1S/C23H23N3O5S/c1-24-23(28)21-14-19(10-11-25-21)31-18-8-6-16(7-9-18)15-26-22(27)13-17-4-3-5-20(12-17)32(2,29)30/h3-12,14H,13,15H2,1-2H3,(H,24,28)(H,26,27). The fourth-order valence-corrected chi connectivity index (χ4v) is 3.56. The second kappa shape index (κ2) is 10.1. The van der Waals surface area contributed by atoms with Crippen LogP contribution in [-0.2, 0) is 27.6 Å². The molecular formula is C23H23N3O5S. The average Bonchev–Trinajstić information content (AvgIpc) is 2.78. The van der Waals surface area contributed by atoms with Gasteiger partial charge in [0.15, 0.2) is 9.84 Å². The van der Waals surface area contributed by atoms with E-state index in [1.807, 2.05) is 12.1 Å². The third-order valence-electron chi connectivity index (χ3n) is 4.53. The second-order valence-electron chi connectivity index (χ2n) is 7.07. The zero-order valence-corrected chi connectivity index (χ0v) is 18.5. The van der Waals surface area contributed by atoms with E-state index in [1.165, 1.54) is 25.4 Å². The van der Waals surface area contributed by atoms with Crippen molar-refractivity contribution in [2.75, 3.05) is 13.3 Å². The first-order chi connectivity index (χ1) is 15.2. The van der Waals surface area contributed by atoms with Crippen LogP contribution in [-0.4, -0.2) is 38.5 Å². The van der Waals surface area contributed by atoms with Crippen molar-refractivity contribution in [1.82, 2.24) is 15.6 Å². The molecule has 0 fully saturated rings. The van der Waals surface area contributed by atoms with Gasteiger partial charge >= 0.3 is 0 Å². The highest BCUT2D eigenvalue weighted by atomic mass is 32.2. The summed E-state index contributed by atoms with van der Waals surface area (Å²) >= 11 is 0. The Kier molecular flexibility index (Phi) is 7.21. The summed E-state index contributed by atoms with van der Waals surface area (Å²) in [5.41, 5.74) is 1.76. The summed E-state index contributed by atoms with van der Waals surface area (Å²) in [6.07, 6.45) is 2.71.